The Bertz CT molecular complexity index is 1230. The van der Waals surface area contributed by atoms with Crippen LogP contribution in [0.2, 0.25) is 0 Å². The summed E-state index contributed by atoms with van der Waals surface area (Å²) in [6, 6.07) is 21.7. The Kier molecular flexibility index (Phi) is 4.35. The van der Waals surface area contributed by atoms with Crippen LogP contribution in [0.15, 0.2) is 60.7 Å². The van der Waals surface area contributed by atoms with Crippen molar-refractivity contribution in [1.82, 2.24) is 9.97 Å². The Morgan fingerprint density at radius 3 is 1.88 bits per heavy atom. The topological polar surface area (TPSA) is 28.7 Å². The molecule has 4 aromatic carbocycles. The highest BCUT2D eigenvalue weighted by Gasteiger charge is 2.14. The largest absolute Gasteiger partial charge is 0.337 e. The van der Waals surface area contributed by atoms with E-state index in [1.54, 1.807) is 0 Å². The molecule has 0 fully saturated rings. The van der Waals surface area contributed by atoms with Crippen LogP contribution < -0.4 is 0 Å². The van der Waals surface area contributed by atoms with Crippen LogP contribution in [0.3, 0.4) is 0 Å². The fraction of sp³-hybridized carbons (Fsp3) is 0. The van der Waals surface area contributed by atoms with Gasteiger partial charge in [-0.25, -0.2) is 4.98 Å². The van der Waals surface area contributed by atoms with Crippen LogP contribution in [0.1, 0.15) is 0 Å². The molecule has 0 saturated heterocycles. The average molecular weight is 672 g/mol. The fourth-order valence-corrected chi connectivity index (χ4v) is 4.75. The van der Waals surface area contributed by atoms with E-state index < -0.39 is 0 Å². The summed E-state index contributed by atoms with van der Waals surface area (Å²) in [5.41, 5.74) is 3.27. The first-order chi connectivity index (χ1) is 12.6. The van der Waals surface area contributed by atoms with Crippen molar-refractivity contribution in [2.24, 2.45) is 0 Å². The summed E-state index contributed by atoms with van der Waals surface area (Å²) >= 11 is 7.07. The maximum Gasteiger partial charge on any atom is 0.138 e. The van der Waals surface area contributed by atoms with Crippen molar-refractivity contribution in [3.05, 3.63) is 71.4 Å². The monoisotopic (exact) mass is 672 g/mol. The zero-order chi connectivity index (χ0) is 17.8. The maximum atomic E-state index is 5.00. The third-order valence-corrected chi connectivity index (χ3v) is 6.66. The van der Waals surface area contributed by atoms with E-state index in [-0.39, 0.29) is 0 Å². The molecule has 26 heavy (non-hydrogen) atoms. The molecule has 1 N–H and O–H groups in total. The predicted octanol–water partition coefficient (Wildman–Crippen LogP) is 7.35. The molecular formula is C21H11I3N2. The number of halogens is 3. The smallest absolute Gasteiger partial charge is 0.138 e. The lowest BCUT2D eigenvalue weighted by Crippen LogP contribution is -1.84. The van der Waals surface area contributed by atoms with E-state index in [0.29, 0.717) is 0 Å². The van der Waals surface area contributed by atoms with Gasteiger partial charge in [0.15, 0.2) is 0 Å². The second kappa shape index (κ2) is 6.59. The van der Waals surface area contributed by atoms with Crippen molar-refractivity contribution < 1.29 is 0 Å². The molecule has 0 amide bonds. The number of fused-ring (bicyclic) bond motifs is 6. The molecule has 1 heterocycles. The summed E-state index contributed by atoms with van der Waals surface area (Å²) in [5.74, 6) is 0.919. The van der Waals surface area contributed by atoms with Crippen molar-refractivity contribution >= 4 is 100 Å². The molecular weight excluding hydrogens is 661 g/mol. The molecule has 5 heteroatoms. The summed E-state index contributed by atoms with van der Waals surface area (Å²) in [4.78, 5) is 8.59. The molecule has 5 rings (SSSR count). The van der Waals surface area contributed by atoms with Crippen LogP contribution >= 0.6 is 67.8 Å². The summed E-state index contributed by atoms with van der Waals surface area (Å²) in [7, 11) is 0. The molecule has 0 radical (unpaired) electrons. The number of H-pyrrole nitrogens is 1. The number of imidazole rings is 1. The molecule has 0 saturated carbocycles. The number of aromatic amines is 1. The quantitative estimate of drug-likeness (QED) is 0.147. The predicted molar refractivity (Wildman–Crippen MR) is 135 cm³/mol. The number of hydrogen-bond acceptors (Lipinski definition) is 1. The van der Waals surface area contributed by atoms with Gasteiger partial charge in [-0.2, -0.15) is 0 Å². The Balaban J connectivity index is 1.95. The van der Waals surface area contributed by atoms with E-state index in [1.165, 1.54) is 32.3 Å². The zero-order valence-electron chi connectivity index (χ0n) is 13.4. The van der Waals surface area contributed by atoms with Gasteiger partial charge in [0.25, 0.3) is 0 Å². The van der Waals surface area contributed by atoms with E-state index >= 15 is 0 Å². The molecule has 0 aliphatic carbocycles. The van der Waals surface area contributed by atoms with E-state index in [9.17, 15) is 0 Å². The number of hydrogen-bond donors (Lipinski definition) is 1. The van der Waals surface area contributed by atoms with Gasteiger partial charge in [-0.05, 0) is 115 Å². The number of nitrogens with one attached hydrogen (secondary N) is 1. The lowest BCUT2D eigenvalue weighted by Gasteiger charge is -2.07. The Labute approximate surface area is 191 Å². The molecule has 0 spiro atoms. The van der Waals surface area contributed by atoms with Crippen molar-refractivity contribution in [2.75, 3.05) is 0 Å². The van der Waals surface area contributed by atoms with Gasteiger partial charge in [0.2, 0.25) is 0 Å². The number of aromatic nitrogens is 2. The minimum atomic E-state index is 0.919. The second-order valence-corrected chi connectivity index (χ2v) is 9.93. The van der Waals surface area contributed by atoms with Crippen molar-refractivity contribution in [3.63, 3.8) is 0 Å². The molecule has 0 aliphatic rings. The standard InChI is InChI=1S/C21H11I3N2/c22-12-3-1-11(2-4-12)21-25-19-17-9-13(23)5-7-15(17)16-8-6-14(24)10-18(16)20(19)26-21/h1-10H,(H,25,26). The van der Waals surface area contributed by atoms with Crippen molar-refractivity contribution in [3.8, 4) is 11.4 Å². The average Bonchev–Trinajstić information content (AvgIpc) is 3.08. The minimum Gasteiger partial charge on any atom is -0.337 e. The van der Waals surface area contributed by atoms with E-state index in [1.807, 2.05) is 0 Å². The summed E-state index contributed by atoms with van der Waals surface area (Å²) in [6.07, 6.45) is 0. The fourth-order valence-electron chi connectivity index (χ4n) is 3.41. The summed E-state index contributed by atoms with van der Waals surface area (Å²) in [6.45, 7) is 0. The van der Waals surface area contributed by atoms with Crippen LogP contribution in [-0.2, 0) is 0 Å². The van der Waals surface area contributed by atoms with Gasteiger partial charge in [0.05, 0.1) is 11.0 Å². The van der Waals surface area contributed by atoms with Gasteiger partial charge in [0, 0.05) is 27.0 Å². The SMILES string of the molecule is Ic1ccc(-c2nc3c4cc(I)ccc4c4ccc(I)cc4c3[nH]2)cc1. The second-order valence-electron chi connectivity index (χ2n) is 6.20. The first-order valence-corrected chi connectivity index (χ1v) is 11.3. The van der Waals surface area contributed by atoms with E-state index in [4.69, 9.17) is 4.98 Å². The Morgan fingerprint density at radius 2 is 1.19 bits per heavy atom. The van der Waals surface area contributed by atoms with Gasteiger partial charge in [-0.3, -0.25) is 0 Å². The molecule has 2 nitrogen and oxygen atoms in total. The third-order valence-electron chi connectivity index (χ3n) is 4.60. The molecule has 1 aromatic heterocycles. The molecule has 5 aromatic rings. The molecule has 126 valence electrons. The van der Waals surface area contributed by atoms with Crippen LogP contribution in [-0.4, -0.2) is 9.97 Å². The van der Waals surface area contributed by atoms with Crippen LogP contribution in [0, 0.1) is 10.7 Å². The zero-order valence-corrected chi connectivity index (χ0v) is 19.8. The highest BCUT2D eigenvalue weighted by atomic mass is 127. The number of rotatable bonds is 1. The minimum absolute atomic E-state index is 0.919. The molecule has 0 atom stereocenters. The summed E-state index contributed by atoms with van der Waals surface area (Å²) in [5, 5.41) is 4.95. The molecule has 0 unspecified atom stereocenters. The lowest BCUT2D eigenvalue weighted by atomic mass is 10.0. The number of nitrogens with zero attached hydrogens (tertiary/aromatic N) is 1. The Morgan fingerprint density at radius 1 is 0.615 bits per heavy atom. The Hall–Kier alpha value is -0.940. The van der Waals surface area contributed by atoms with Gasteiger partial charge in [0.1, 0.15) is 5.82 Å². The van der Waals surface area contributed by atoms with Gasteiger partial charge < -0.3 is 4.98 Å². The highest BCUT2D eigenvalue weighted by Crippen LogP contribution is 2.36. The van der Waals surface area contributed by atoms with Crippen molar-refractivity contribution in [1.29, 1.82) is 0 Å². The first kappa shape index (κ1) is 17.2. The van der Waals surface area contributed by atoms with Crippen LogP contribution in [0.25, 0.3) is 44.0 Å². The summed E-state index contributed by atoms with van der Waals surface area (Å²) < 4.78 is 3.68. The highest BCUT2D eigenvalue weighted by molar-refractivity contribution is 14.1. The number of benzene rings is 4. The van der Waals surface area contributed by atoms with Crippen molar-refractivity contribution in [2.45, 2.75) is 0 Å². The molecule has 0 bridgehead atoms. The van der Waals surface area contributed by atoms with E-state index in [0.717, 1.165) is 22.4 Å². The van der Waals surface area contributed by atoms with Crippen LogP contribution in [0.5, 0.6) is 0 Å². The normalized spacial score (nSPS) is 11.7. The molecule has 0 aliphatic heterocycles. The van der Waals surface area contributed by atoms with Gasteiger partial charge >= 0.3 is 0 Å². The maximum absolute atomic E-state index is 5.00. The van der Waals surface area contributed by atoms with Gasteiger partial charge in [-0.15, -0.1) is 0 Å². The third kappa shape index (κ3) is 2.82. The first-order valence-electron chi connectivity index (χ1n) is 8.06. The van der Waals surface area contributed by atoms with Crippen LogP contribution in [0.4, 0.5) is 0 Å². The van der Waals surface area contributed by atoms with Gasteiger partial charge in [-0.1, -0.05) is 24.3 Å². The lowest BCUT2D eigenvalue weighted by molar-refractivity contribution is 1.34. The van der Waals surface area contributed by atoms with E-state index in [2.05, 4.69) is 133 Å².